The van der Waals surface area contributed by atoms with Crippen molar-refractivity contribution in [2.24, 2.45) is 10.4 Å². The number of aryl methyl sites for hydroxylation is 1. The molecule has 3 aliphatic rings. The number of rotatable bonds is 3. The molecular formula is C18H30N6. The number of hydrogen-bond donors (Lipinski definition) is 1. The van der Waals surface area contributed by atoms with Gasteiger partial charge < -0.3 is 14.8 Å². The minimum Gasteiger partial charge on any atom is -0.357 e. The van der Waals surface area contributed by atoms with Crippen LogP contribution in [0.25, 0.3) is 0 Å². The number of likely N-dealkylation sites (tertiary alicyclic amines) is 1. The zero-order valence-electron chi connectivity index (χ0n) is 14.9. The van der Waals surface area contributed by atoms with E-state index in [2.05, 4.69) is 31.9 Å². The highest BCUT2D eigenvalue weighted by Gasteiger charge is 2.41. The fourth-order valence-corrected chi connectivity index (χ4v) is 4.71. The normalized spacial score (nSPS) is 23.0. The molecule has 0 amide bonds. The fourth-order valence-electron chi connectivity index (χ4n) is 4.71. The Morgan fingerprint density at radius 2 is 2.00 bits per heavy atom. The average Bonchev–Trinajstić information content (AvgIpc) is 3.33. The van der Waals surface area contributed by atoms with E-state index in [4.69, 9.17) is 4.99 Å². The Morgan fingerprint density at radius 1 is 1.12 bits per heavy atom. The summed E-state index contributed by atoms with van der Waals surface area (Å²) in [5.74, 6) is 3.23. The van der Waals surface area contributed by atoms with Gasteiger partial charge in [0, 0.05) is 32.6 Å². The lowest BCUT2D eigenvalue weighted by Gasteiger charge is -2.26. The molecule has 6 nitrogen and oxygen atoms in total. The average molecular weight is 330 g/mol. The second-order valence-corrected chi connectivity index (χ2v) is 7.69. The molecule has 3 heterocycles. The first-order valence-electron chi connectivity index (χ1n) is 9.74. The molecule has 24 heavy (non-hydrogen) atoms. The van der Waals surface area contributed by atoms with Crippen LogP contribution in [0.3, 0.4) is 0 Å². The largest absolute Gasteiger partial charge is 0.357 e. The zero-order valence-corrected chi connectivity index (χ0v) is 14.9. The molecule has 4 rings (SSSR count). The summed E-state index contributed by atoms with van der Waals surface area (Å²) in [5.41, 5.74) is 0.574. The smallest absolute Gasteiger partial charge is 0.194 e. The van der Waals surface area contributed by atoms with Crippen LogP contribution in [-0.4, -0.2) is 45.3 Å². The van der Waals surface area contributed by atoms with E-state index in [9.17, 15) is 0 Å². The summed E-state index contributed by atoms with van der Waals surface area (Å²) in [6, 6.07) is 0. The van der Waals surface area contributed by atoms with E-state index < -0.39 is 0 Å². The summed E-state index contributed by atoms with van der Waals surface area (Å²) in [7, 11) is 0. The molecule has 0 radical (unpaired) electrons. The number of aromatic nitrogens is 3. The van der Waals surface area contributed by atoms with Crippen molar-refractivity contribution < 1.29 is 0 Å². The van der Waals surface area contributed by atoms with Gasteiger partial charge in [0.2, 0.25) is 0 Å². The Balaban J connectivity index is 1.47. The molecule has 0 aromatic carbocycles. The van der Waals surface area contributed by atoms with Crippen LogP contribution in [0.2, 0.25) is 0 Å². The summed E-state index contributed by atoms with van der Waals surface area (Å²) < 4.78 is 2.28. The van der Waals surface area contributed by atoms with Crippen molar-refractivity contribution in [3.05, 3.63) is 11.6 Å². The maximum absolute atomic E-state index is 4.91. The topological polar surface area (TPSA) is 58.3 Å². The lowest BCUT2D eigenvalue weighted by Crippen LogP contribution is -2.41. The molecule has 0 bridgehead atoms. The summed E-state index contributed by atoms with van der Waals surface area (Å²) in [4.78, 5) is 7.38. The van der Waals surface area contributed by atoms with E-state index in [0.717, 1.165) is 43.7 Å². The SMILES string of the molecule is CCNC(=NCc1nnc2n1CCCC2)N1CCC2(CCCC2)C1. The van der Waals surface area contributed by atoms with Gasteiger partial charge in [-0.2, -0.15) is 0 Å². The summed E-state index contributed by atoms with van der Waals surface area (Å²) in [6.45, 7) is 7.08. The van der Waals surface area contributed by atoms with Gasteiger partial charge in [-0.3, -0.25) is 0 Å². The summed E-state index contributed by atoms with van der Waals surface area (Å²) >= 11 is 0. The number of nitrogens with one attached hydrogen (secondary N) is 1. The fraction of sp³-hybridized carbons (Fsp3) is 0.833. The standard InChI is InChI=1S/C18H30N6/c1-2-19-17(23-12-10-18(14-23)8-4-5-9-18)20-13-16-22-21-15-7-3-6-11-24(15)16/h2-14H2,1H3,(H,19,20). The van der Waals surface area contributed by atoms with Crippen molar-refractivity contribution in [3.8, 4) is 0 Å². The van der Waals surface area contributed by atoms with Gasteiger partial charge in [0.15, 0.2) is 11.8 Å². The van der Waals surface area contributed by atoms with Crippen LogP contribution in [0.1, 0.15) is 63.5 Å². The van der Waals surface area contributed by atoms with E-state index >= 15 is 0 Å². The van der Waals surface area contributed by atoms with Crippen molar-refractivity contribution in [2.45, 2.75) is 71.4 Å². The Morgan fingerprint density at radius 3 is 2.83 bits per heavy atom. The minimum atomic E-state index is 0.574. The number of hydrogen-bond acceptors (Lipinski definition) is 3. The zero-order chi connectivity index (χ0) is 16.4. The molecule has 132 valence electrons. The van der Waals surface area contributed by atoms with E-state index in [1.54, 1.807) is 0 Å². The van der Waals surface area contributed by atoms with Gasteiger partial charge in [-0.05, 0) is 44.4 Å². The quantitative estimate of drug-likeness (QED) is 0.683. The van der Waals surface area contributed by atoms with Crippen molar-refractivity contribution in [1.29, 1.82) is 0 Å². The molecule has 1 saturated heterocycles. The Bertz CT molecular complexity index is 599. The first-order chi connectivity index (χ1) is 11.8. The third kappa shape index (κ3) is 3.03. The van der Waals surface area contributed by atoms with Crippen LogP contribution >= 0.6 is 0 Å². The lowest BCUT2D eigenvalue weighted by molar-refractivity contribution is 0.309. The van der Waals surface area contributed by atoms with E-state index in [1.165, 1.54) is 51.5 Å². The highest BCUT2D eigenvalue weighted by atomic mass is 15.3. The predicted molar refractivity (Wildman–Crippen MR) is 94.9 cm³/mol. The molecule has 0 atom stereocenters. The van der Waals surface area contributed by atoms with Crippen LogP contribution in [0, 0.1) is 5.41 Å². The minimum absolute atomic E-state index is 0.574. The molecule has 6 heteroatoms. The van der Waals surface area contributed by atoms with Gasteiger partial charge in [-0.15, -0.1) is 10.2 Å². The van der Waals surface area contributed by atoms with Crippen LogP contribution in [0.15, 0.2) is 4.99 Å². The Hall–Kier alpha value is -1.59. The van der Waals surface area contributed by atoms with Crippen LogP contribution in [0.4, 0.5) is 0 Å². The molecular weight excluding hydrogens is 300 g/mol. The third-order valence-electron chi connectivity index (χ3n) is 6.04. The van der Waals surface area contributed by atoms with Gasteiger partial charge >= 0.3 is 0 Å². The van der Waals surface area contributed by atoms with Crippen molar-refractivity contribution >= 4 is 5.96 Å². The van der Waals surface area contributed by atoms with Crippen LogP contribution in [0.5, 0.6) is 0 Å². The first kappa shape index (κ1) is 15.9. The van der Waals surface area contributed by atoms with E-state index in [-0.39, 0.29) is 0 Å². The van der Waals surface area contributed by atoms with Gasteiger partial charge in [0.05, 0.1) is 0 Å². The van der Waals surface area contributed by atoms with Crippen LogP contribution in [-0.2, 0) is 19.5 Å². The van der Waals surface area contributed by atoms with Gasteiger partial charge in [0.1, 0.15) is 12.4 Å². The second-order valence-electron chi connectivity index (χ2n) is 7.69. The van der Waals surface area contributed by atoms with Gasteiger partial charge in [-0.1, -0.05) is 12.8 Å². The molecule has 1 aromatic rings. The molecule has 1 spiro atoms. The van der Waals surface area contributed by atoms with Gasteiger partial charge in [0.25, 0.3) is 0 Å². The van der Waals surface area contributed by atoms with Gasteiger partial charge in [-0.25, -0.2) is 4.99 Å². The molecule has 1 aromatic heterocycles. The highest BCUT2D eigenvalue weighted by molar-refractivity contribution is 5.80. The maximum Gasteiger partial charge on any atom is 0.194 e. The number of guanidine groups is 1. The maximum atomic E-state index is 4.91. The van der Waals surface area contributed by atoms with E-state index in [1.807, 2.05) is 0 Å². The van der Waals surface area contributed by atoms with E-state index in [0.29, 0.717) is 12.0 Å². The molecule has 1 saturated carbocycles. The highest BCUT2D eigenvalue weighted by Crippen LogP contribution is 2.45. The molecule has 1 N–H and O–H groups in total. The molecule has 0 unspecified atom stereocenters. The van der Waals surface area contributed by atoms with Crippen molar-refractivity contribution in [3.63, 3.8) is 0 Å². The summed E-state index contributed by atoms with van der Waals surface area (Å²) in [5, 5.41) is 12.2. The van der Waals surface area contributed by atoms with Crippen LogP contribution < -0.4 is 5.32 Å². The third-order valence-corrected chi connectivity index (χ3v) is 6.04. The second kappa shape index (κ2) is 6.73. The number of fused-ring (bicyclic) bond motifs is 1. The Kier molecular flexibility index (Phi) is 4.46. The monoisotopic (exact) mass is 330 g/mol. The summed E-state index contributed by atoms with van der Waals surface area (Å²) in [6.07, 6.45) is 10.5. The van der Waals surface area contributed by atoms with Crippen molar-refractivity contribution in [1.82, 2.24) is 25.0 Å². The first-order valence-corrected chi connectivity index (χ1v) is 9.74. The molecule has 2 fully saturated rings. The Labute approximate surface area is 144 Å². The molecule has 2 aliphatic heterocycles. The molecule has 1 aliphatic carbocycles. The predicted octanol–water partition coefficient (Wildman–Crippen LogP) is 2.35. The lowest BCUT2D eigenvalue weighted by atomic mass is 9.86. The van der Waals surface area contributed by atoms with Crippen molar-refractivity contribution in [2.75, 3.05) is 19.6 Å². The number of nitrogens with zero attached hydrogens (tertiary/aromatic N) is 5. The number of aliphatic imine (C=N–C) groups is 1.